The van der Waals surface area contributed by atoms with Crippen LogP contribution in [0.25, 0.3) is 0 Å². The monoisotopic (exact) mass is 323 g/mol. The molecule has 1 unspecified atom stereocenters. The first kappa shape index (κ1) is 20.7. The molecule has 1 aliphatic rings. The molecule has 0 aromatic heterocycles. The summed E-state index contributed by atoms with van der Waals surface area (Å²) in [5.41, 5.74) is 0.306. The summed E-state index contributed by atoms with van der Waals surface area (Å²) < 4.78 is 0. The van der Waals surface area contributed by atoms with E-state index in [9.17, 15) is 0 Å². The van der Waals surface area contributed by atoms with Crippen LogP contribution in [-0.4, -0.2) is 53.3 Å². The smallest absolute Gasteiger partial charge is 0.0653 e. The van der Waals surface area contributed by atoms with Crippen LogP contribution in [0.3, 0.4) is 0 Å². The summed E-state index contributed by atoms with van der Waals surface area (Å²) in [4.78, 5) is 2.70. The third-order valence-electron chi connectivity index (χ3n) is 5.35. The first-order valence-corrected chi connectivity index (χ1v) is 9.84. The maximum absolute atomic E-state index is 3.88. The highest BCUT2D eigenvalue weighted by molar-refractivity contribution is 4.87. The van der Waals surface area contributed by atoms with Crippen molar-refractivity contribution in [2.24, 2.45) is 5.92 Å². The second-order valence-electron chi connectivity index (χ2n) is 7.75. The first-order valence-electron chi connectivity index (χ1n) is 9.84. The quantitative estimate of drug-likeness (QED) is 0.479. The van der Waals surface area contributed by atoms with E-state index < -0.39 is 0 Å². The summed E-state index contributed by atoms with van der Waals surface area (Å²) in [5.74, 6) is 0.872. The van der Waals surface area contributed by atoms with Crippen molar-refractivity contribution >= 4 is 0 Å². The normalized spacial score (nSPS) is 18.7. The van der Waals surface area contributed by atoms with Crippen LogP contribution in [0.4, 0.5) is 0 Å². The lowest BCUT2D eigenvalue weighted by atomic mass is 9.85. The maximum Gasteiger partial charge on any atom is 0.0653 e. The average Bonchev–Trinajstić information content (AvgIpc) is 3.01. The van der Waals surface area contributed by atoms with E-state index in [-0.39, 0.29) is 0 Å². The molecule has 0 aliphatic carbocycles. The highest BCUT2D eigenvalue weighted by atomic mass is 15.7. The third-order valence-corrected chi connectivity index (χ3v) is 5.35. The van der Waals surface area contributed by atoms with Gasteiger partial charge < -0.3 is 0 Å². The Morgan fingerprint density at radius 3 is 2.43 bits per heavy atom. The van der Waals surface area contributed by atoms with E-state index in [4.69, 9.17) is 0 Å². The van der Waals surface area contributed by atoms with Gasteiger partial charge in [0, 0.05) is 31.7 Å². The van der Waals surface area contributed by atoms with Gasteiger partial charge in [-0.15, -0.1) is 6.58 Å². The number of nitrogens with zero attached hydrogens (tertiary/aromatic N) is 3. The molecule has 0 N–H and O–H groups in total. The SMILES string of the molecule is C=CCCN(CCC)N1CCN(C(C)(C)CC(CC)CCC)C1. The van der Waals surface area contributed by atoms with Gasteiger partial charge in [-0.05, 0) is 39.0 Å². The van der Waals surface area contributed by atoms with Crippen LogP contribution in [0, 0.1) is 5.92 Å². The van der Waals surface area contributed by atoms with Crippen LogP contribution in [-0.2, 0) is 0 Å². The largest absolute Gasteiger partial charge is 0.283 e. The standard InChI is InChI=1S/C20H41N3/c1-7-11-14-22(13-9-3)23-16-15-21(18-23)20(5,6)17-19(10-4)12-8-2/h7,19H,1,8-18H2,2-6H3. The molecule has 3 heteroatoms. The van der Waals surface area contributed by atoms with Crippen LogP contribution in [0.1, 0.15) is 73.1 Å². The zero-order valence-corrected chi connectivity index (χ0v) is 16.5. The van der Waals surface area contributed by atoms with Gasteiger partial charge in [0.2, 0.25) is 0 Å². The molecule has 1 aliphatic heterocycles. The van der Waals surface area contributed by atoms with E-state index in [1.165, 1.54) is 45.2 Å². The van der Waals surface area contributed by atoms with Gasteiger partial charge in [0.25, 0.3) is 0 Å². The Bertz CT molecular complexity index is 327. The fourth-order valence-corrected chi connectivity index (χ4v) is 3.89. The number of hydrogen-bond donors (Lipinski definition) is 0. The van der Waals surface area contributed by atoms with Gasteiger partial charge in [-0.3, -0.25) is 4.90 Å². The summed E-state index contributed by atoms with van der Waals surface area (Å²) in [6.45, 7) is 21.4. The number of hydrogen-bond acceptors (Lipinski definition) is 3. The molecule has 0 aromatic carbocycles. The van der Waals surface area contributed by atoms with Crippen LogP contribution in [0.2, 0.25) is 0 Å². The minimum absolute atomic E-state index is 0.306. The van der Waals surface area contributed by atoms with Crippen molar-refractivity contribution in [3.05, 3.63) is 12.7 Å². The van der Waals surface area contributed by atoms with Gasteiger partial charge in [0.05, 0.1) is 6.67 Å². The van der Waals surface area contributed by atoms with Gasteiger partial charge >= 0.3 is 0 Å². The highest BCUT2D eigenvalue weighted by Gasteiger charge is 2.35. The third kappa shape index (κ3) is 6.56. The summed E-state index contributed by atoms with van der Waals surface area (Å²) in [6.07, 6.45) is 9.66. The van der Waals surface area contributed by atoms with E-state index in [2.05, 4.69) is 56.1 Å². The Morgan fingerprint density at radius 1 is 1.13 bits per heavy atom. The molecular formula is C20H41N3. The average molecular weight is 324 g/mol. The van der Waals surface area contributed by atoms with Crippen molar-refractivity contribution in [1.82, 2.24) is 14.9 Å². The molecule has 0 amide bonds. The second kappa shape index (κ2) is 10.5. The molecule has 23 heavy (non-hydrogen) atoms. The maximum atomic E-state index is 3.88. The Hall–Kier alpha value is -0.380. The summed E-state index contributed by atoms with van der Waals surface area (Å²) in [7, 11) is 0. The van der Waals surface area contributed by atoms with Crippen LogP contribution < -0.4 is 0 Å². The Balaban J connectivity index is 2.60. The van der Waals surface area contributed by atoms with Gasteiger partial charge in [0.1, 0.15) is 0 Å². The topological polar surface area (TPSA) is 9.72 Å². The zero-order chi connectivity index (χ0) is 17.3. The molecule has 1 atom stereocenters. The van der Waals surface area contributed by atoms with E-state index >= 15 is 0 Å². The predicted octanol–water partition coefficient (Wildman–Crippen LogP) is 4.76. The molecule has 136 valence electrons. The van der Waals surface area contributed by atoms with E-state index in [0.717, 1.165) is 32.1 Å². The molecule has 1 heterocycles. The van der Waals surface area contributed by atoms with Gasteiger partial charge in [-0.1, -0.05) is 46.1 Å². The molecule has 0 radical (unpaired) electrons. The predicted molar refractivity (Wildman–Crippen MR) is 102 cm³/mol. The van der Waals surface area contributed by atoms with Gasteiger partial charge in [-0.2, -0.15) is 0 Å². The number of hydrazine groups is 1. The Labute approximate surface area is 145 Å². The van der Waals surface area contributed by atoms with Crippen molar-refractivity contribution in [2.75, 3.05) is 32.8 Å². The van der Waals surface area contributed by atoms with Crippen LogP contribution >= 0.6 is 0 Å². The molecular weight excluding hydrogens is 282 g/mol. The Kier molecular flexibility index (Phi) is 9.41. The molecule has 0 aromatic rings. The lowest BCUT2D eigenvalue weighted by molar-refractivity contribution is -0.0303. The minimum Gasteiger partial charge on any atom is -0.283 e. The fourth-order valence-electron chi connectivity index (χ4n) is 3.89. The van der Waals surface area contributed by atoms with Crippen molar-refractivity contribution in [3.8, 4) is 0 Å². The lowest BCUT2D eigenvalue weighted by Crippen LogP contribution is -2.47. The lowest BCUT2D eigenvalue weighted by Gasteiger charge is -2.39. The molecule has 1 fully saturated rings. The summed E-state index contributed by atoms with van der Waals surface area (Å²) in [5, 5.41) is 5.11. The molecule has 0 spiro atoms. The summed E-state index contributed by atoms with van der Waals surface area (Å²) >= 11 is 0. The first-order chi connectivity index (χ1) is 11.0. The van der Waals surface area contributed by atoms with E-state index in [0.29, 0.717) is 5.54 Å². The number of rotatable bonds is 12. The zero-order valence-electron chi connectivity index (χ0n) is 16.5. The molecule has 1 rings (SSSR count). The molecule has 0 saturated carbocycles. The summed E-state index contributed by atoms with van der Waals surface area (Å²) in [6, 6.07) is 0. The molecule has 3 nitrogen and oxygen atoms in total. The van der Waals surface area contributed by atoms with Crippen LogP contribution in [0.15, 0.2) is 12.7 Å². The second-order valence-corrected chi connectivity index (χ2v) is 7.75. The van der Waals surface area contributed by atoms with E-state index in [1.807, 2.05) is 6.08 Å². The molecule has 1 saturated heterocycles. The van der Waals surface area contributed by atoms with Crippen molar-refractivity contribution in [1.29, 1.82) is 0 Å². The van der Waals surface area contributed by atoms with Crippen molar-refractivity contribution in [3.63, 3.8) is 0 Å². The highest BCUT2D eigenvalue weighted by Crippen LogP contribution is 2.30. The van der Waals surface area contributed by atoms with Crippen LogP contribution in [0.5, 0.6) is 0 Å². The van der Waals surface area contributed by atoms with Crippen molar-refractivity contribution < 1.29 is 0 Å². The van der Waals surface area contributed by atoms with Gasteiger partial charge in [0.15, 0.2) is 0 Å². The Morgan fingerprint density at radius 2 is 1.87 bits per heavy atom. The van der Waals surface area contributed by atoms with Crippen molar-refractivity contribution in [2.45, 2.75) is 78.7 Å². The minimum atomic E-state index is 0.306. The van der Waals surface area contributed by atoms with Gasteiger partial charge in [-0.25, -0.2) is 10.0 Å². The fraction of sp³-hybridized carbons (Fsp3) is 0.900. The molecule has 0 bridgehead atoms. The van der Waals surface area contributed by atoms with E-state index in [1.54, 1.807) is 0 Å².